The molecule has 1 aromatic heterocycles. The first-order valence-corrected chi connectivity index (χ1v) is 6.85. The number of aromatic nitrogens is 1. The fourth-order valence-corrected chi connectivity index (χ4v) is 2.32. The number of hydrogen-bond acceptors (Lipinski definition) is 4. The molecule has 0 bridgehead atoms. The summed E-state index contributed by atoms with van der Waals surface area (Å²) in [5.74, 6) is 0.129. The highest BCUT2D eigenvalue weighted by Crippen LogP contribution is 1.98. The van der Waals surface area contributed by atoms with E-state index in [4.69, 9.17) is 5.73 Å². The van der Waals surface area contributed by atoms with E-state index in [1.165, 1.54) is 0 Å². The van der Waals surface area contributed by atoms with Crippen LogP contribution in [-0.2, 0) is 16.6 Å². The number of hydrogen-bond donors (Lipinski definition) is 2. The van der Waals surface area contributed by atoms with Crippen LogP contribution in [0.1, 0.15) is 18.4 Å². The zero-order valence-electron chi connectivity index (χ0n) is 9.09. The molecule has 0 radical (unpaired) electrons. The smallest absolute Gasteiger partial charge is 0.211 e. The number of unbranched alkanes of at least 4 members (excludes halogenated alkanes) is 1. The summed E-state index contributed by atoms with van der Waals surface area (Å²) in [5, 5.41) is 0. The highest BCUT2D eigenvalue weighted by molar-refractivity contribution is 7.89. The second-order valence-electron chi connectivity index (χ2n) is 3.50. The molecule has 0 aliphatic rings. The van der Waals surface area contributed by atoms with Gasteiger partial charge in [-0.2, -0.15) is 0 Å². The van der Waals surface area contributed by atoms with Crippen LogP contribution in [0.2, 0.25) is 0 Å². The van der Waals surface area contributed by atoms with Crippen LogP contribution in [-0.4, -0.2) is 25.7 Å². The molecule has 0 aliphatic heterocycles. The lowest BCUT2D eigenvalue weighted by Crippen LogP contribution is -2.26. The van der Waals surface area contributed by atoms with Gasteiger partial charge in [0.15, 0.2) is 0 Å². The Balaban J connectivity index is 2.36. The van der Waals surface area contributed by atoms with E-state index in [0.29, 0.717) is 19.5 Å². The lowest BCUT2D eigenvalue weighted by atomic mass is 10.3. The van der Waals surface area contributed by atoms with Gasteiger partial charge >= 0.3 is 0 Å². The minimum Gasteiger partial charge on any atom is -0.330 e. The Bertz CT molecular complexity index is 392. The monoisotopic (exact) mass is 243 g/mol. The molecule has 0 amide bonds. The van der Waals surface area contributed by atoms with Gasteiger partial charge < -0.3 is 5.73 Å². The molecule has 0 saturated heterocycles. The summed E-state index contributed by atoms with van der Waals surface area (Å²) in [5.41, 5.74) is 6.15. The quantitative estimate of drug-likeness (QED) is 0.672. The van der Waals surface area contributed by atoms with Gasteiger partial charge in [0.05, 0.1) is 5.75 Å². The molecular formula is C10H17N3O2S. The third-order valence-corrected chi connectivity index (χ3v) is 3.50. The van der Waals surface area contributed by atoms with Crippen molar-refractivity contribution in [3.05, 3.63) is 30.1 Å². The van der Waals surface area contributed by atoms with Gasteiger partial charge in [0.2, 0.25) is 10.0 Å². The van der Waals surface area contributed by atoms with Gasteiger partial charge in [0.1, 0.15) is 0 Å². The first kappa shape index (κ1) is 13.1. The first-order valence-electron chi connectivity index (χ1n) is 5.20. The predicted molar refractivity (Wildman–Crippen MR) is 63.2 cm³/mol. The molecule has 16 heavy (non-hydrogen) atoms. The minimum atomic E-state index is -3.19. The number of sulfonamides is 1. The van der Waals surface area contributed by atoms with Gasteiger partial charge in [-0.1, -0.05) is 6.07 Å². The minimum absolute atomic E-state index is 0.129. The first-order chi connectivity index (χ1) is 7.64. The maximum Gasteiger partial charge on any atom is 0.211 e. The van der Waals surface area contributed by atoms with Crippen LogP contribution in [0.5, 0.6) is 0 Å². The van der Waals surface area contributed by atoms with E-state index < -0.39 is 10.0 Å². The largest absolute Gasteiger partial charge is 0.330 e. The molecule has 90 valence electrons. The van der Waals surface area contributed by atoms with Crippen molar-refractivity contribution >= 4 is 10.0 Å². The van der Waals surface area contributed by atoms with Crippen LogP contribution >= 0.6 is 0 Å². The fourth-order valence-electron chi connectivity index (χ4n) is 1.20. The SMILES string of the molecule is NCCCCS(=O)(=O)NCc1cccnc1. The normalized spacial score (nSPS) is 11.6. The van der Waals surface area contributed by atoms with Crippen molar-refractivity contribution in [1.29, 1.82) is 0 Å². The van der Waals surface area contributed by atoms with Crippen molar-refractivity contribution in [3.63, 3.8) is 0 Å². The predicted octanol–water partition coefficient (Wildman–Crippen LogP) is 0.240. The van der Waals surface area contributed by atoms with E-state index in [0.717, 1.165) is 12.0 Å². The van der Waals surface area contributed by atoms with Crippen LogP contribution in [0.25, 0.3) is 0 Å². The second-order valence-corrected chi connectivity index (χ2v) is 5.42. The van der Waals surface area contributed by atoms with Gasteiger partial charge in [-0.3, -0.25) is 4.98 Å². The highest BCUT2D eigenvalue weighted by Gasteiger charge is 2.08. The summed E-state index contributed by atoms with van der Waals surface area (Å²) >= 11 is 0. The van der Waals surface area contributed by atoms with Crippen molar-refractivity contribution in [1.82, 2.24) is 9.71 Å². The molecule has 0 fully saturated rings. The maximum absolute atomic E-state index is 11.5. The molecule has 6 heteroatoms. The second kappa shape index (κ2) is 6.57. The maximum atomic E-state index is 11.5. The average Bonchev–Trinajstić information content (AvgIpc) is 2.28. The molecule has 0 atom stereocenters. The molecule has 1 rings (SSSR count). The molecule has 0 aliphatic carbocycles. The van der Waals surface area contributed by atoms with Crippen LogP contribution < -0.4 is 10.5 Å². The van der Waals surface area contributed by atoms with Crippen molar-refractivity contribution in [2.75, 3.05) is 12.3 Å². The molecule has 0 saturated carbocycles. The van der Waals surface area contributed by atoms with Crippen molar-refractivity contribution in [2.45, 2.75) is 19.4 Å². The molecule has 0 aromatic carbocycles. The standard InChI is InChI=1S/C10H17N3O2S/c11-5-1-2-7-16(14,15)13-9-10-4-3-6-12-8-10/h3-4,6,8,13H,1-2,5,7,9,11H2. The van der Waals surface area contributed by atoms with E-state index in [2.05, 4.69) is 9.71 Å². The van der Waals surface area contributed by atoms with E-state index >= 15 is 0 Å². The highest BCUT2D eigenvalue weighted by atomic mass is 32.2. The van der Waals surface area contributed by atoms with E-state index in [1.807, 2.05) is 6.07 Å². The number of pyridine rings is 1. The van der Waals surface area contributed by atoms with E-state index in [1.54, 1.807) is 18.5 Å². The lowest BCUT2D eigenvalue weighted by Gasteiger charge is -2.05. The van der Waals surface area contributed by atoms with Crippen molar-refractivity contribution in [2.24, 2.45) is 5.73 Å². The molecule has 0 spiro atoms. The molecule has 5 nitrogen and oxygen atoms in total. The van der Waals surface area contributed by atoms with Crippen LogP contribution in [0.4, 0.5) is 0 Å². The Morgan fingerprint density at radius 1 is 1.38 bits per heavy atom. The van der Waals surface area contributed by atoms with Gasteiger partial charge in [-0.25, -0.2) is 13.1 Å². The van der Waals surface area contributed by atoms with Gasteiger partial charge in [0.25, 0.3) is 0 Å². The summed E-state index contributed by atoms with van der Waals surface area (Å²) in [7, 11) is -3.19. The number of nitrogens with one attached hydrogen (secondary N) is 1. The summed E-state index contributed by atoms with van der Waals surface area (Å²) < 4.78 is 25.5. The molecular weight excluding hydrogens is 226 g/mol. The Hall–Kier alpha value is -0.980. The summed E-state index contributed by atoms with van der Waals surface area (Å²) in [4.78, 5) is 3.91. The Labute approximate surface area is 96.1 Å². The van der Waals surface area contributed by atoms with Crippen LogP contribution in [0.3, 0.4) is 0 Å². The summed E-state index contributed by atoms with van der Waals surface area (Å²) in [6.45, 7) is 0.816. The summed E-state index contributed by atoms with van der Waals surface area (Å²) in [6.07, 6.45) is 4.62. The Kier molecular flexibility index (Phi) is 5.37. The van der Waals surface area contributed by atoms with Crippen LogP contribution in [0.15, 0.2) is 24.5 Å². The Morgan fingerprint density at radius 3 is 2.81 bits per heavy atom. The van der Waals surface area contributed by atoms with E-state index in [9.17, 15) is 8.42 Å². The van der Waals surface area contributed by atoms with Gasteiger partial charge in [-0.05, 0) is 31.0 Å². The molecule has 3 N–H and O–H groups in total. The number of rotatable bonds is 7. The number of nitrogens with two attached hydrogens (primary N) is 1. The molecule has 1 heterocycles. The third kappa shape index (κ3) is 5.20. The zero-order chi connectivity index (χ0) is 11.9. The molecule has 0 unspecified atom stereocenters. The number of nitrogens with zero attached hydrogens (tertiary/aromatic N) is 1. The average molecular weight is 243 g/mol. The molecule has 1 aromatic rings. The van der Waals surface area contributed by atoms with Crippen molar-refractivity contribution in [3.8, 4) is 0 Å². The third-order valence-electron chi connectivity index (χ3n) is 2.09. The van der Waals surface area contributed by atoms with Gasteiger partial charge in [-0.15, -0.1) is 0 Å². The van der Waals surface area contributed by atoms with Gasteiger partial charge in [0, 0.05) is 18.9 Å². The topological polar surface area (TPSA) is 85.1 Å². The lowest BCUT2D eigenvalue weighted by molar-refractivity contribution is 0.577. The van der Waals surface area contributed by atoms with E-state index in [-0.39, 0.29) is 5.75 Å². The van der Waals surface area contributed by atoms with Crippen LogP contribution in [0, 0.1) is 0 Å². The fraction of sp³-hybridized carbons (Fsp3) is 0.500. The van der Waals surface area contributed by atoms with Crippen molar-refractivity contribution < 1.29 is 8.42 Å². The summed E-state index contributed by atoms with van der Waals surface area (Å²) in [6, 6.07) is 3.60. The Morgan fingerprint density at radius 2 is 2.19 bits per heavy atom. The zero-order valence-corrected chi connectivity index (χ0v) is 9.91.